The molecule has 1 atom stereocenters. The smallest absolute Gasteiger partial charge is 0.229 e. The molecular weight excluding hydrogens is 248 g/mol. The van der Waals surface area contributed by atoms with Gasteiger partial charge in [0.15, 0.2) is 0 Å². The molecule has 0 aliphatic carbocycles. The maximum Gasteiger partial charge on any atom is 0.229 e. The van der Waals surface area contributed by atoms with E-state index < -0.39 is 6.10 Å². The molecule has 0 fully saturated rings. The van der Waals surface area contributed by atoms with Gasteiger partial charge >= 0.3 is 0 Å². The van der Waals surface area contributed by atoms with E-state index >= 15 is 0 Å². The van der Waals surface area contributed by atoms with Crippen molar-refractivity contribution in [1.29, 1.82) is 0 Å². The van der Waals surface area contributed by atoms with Crippen molar-refractivity contribution in [2.45, 2.75) is 31.3 Å². The van der Waals surface area contributed by atoms with Crippen LogP contribution in [0.1, 0.15) is 19.7 Å². The molecule has 0 saturated heterocycles. The molecule has 0 saturated carbocycles. The van der Waals surface area contributed by atoms with Crippen LogP contribution in [-0.2, 0) is 6.42 Å². The molecule has 1 unspecified atom stereocenters. The zero-order chi connectivity index (χ0) is 13.0. The Morgan fingerprint density at radius 3 is 2.67 bits per heavy atom. The summed E-state index contributed by atoms with van der Waals surface area (Å²) in [5.41, 5.74) is 0.927. The molecule has 0 aliphatic rings. The second-order valence-electron chi connectivity index (χ2n) is 4.02. The lowest BCUT2D eigenvalue weighted by Gasteiger charge is -1.99. The molecule has 2 rings (SSSR count). The van der Waals surface area contributed by atoms with Gasteiger partial charge in [-0.3, -0.25) is 0 Å². The molecule has 96 valence electrons. The Morgan fingerprint density at radius 2 is 2.06 bits per heavy atom. The zero-order valence-electron chi connectivity index (χ0n) is 10.5. The highest BCUT2D eigenvalue weighted by Gasteiger charge is 2.10. The van der Waals surface area contributed by atoms with Crippen molar-refractivity contribution in [3.63, 3.8) is 0 Å². The maximum atomic E-state index is 9.25. The minimum Gasteiger partial charge on any atom is -0.393 e. The predicted octanol–water partition coefficient (Wildman–Crippen LogP) is 2.77. The molecule has 1 heterocycles. The van der Waals surface area contributed by atoms with Crippen molar-refractivity contribution in [3.8, 4) is 11.4 Å². The first-order chi connectivity index (χ1) is 8.69. The summed E-state index contributed by atoms with van der Waals surface area (Å²) < 4.78 is 5.08. The Kier molecular flexibility index (Phi) is 4.38. The number of nitrogens with zero attached hydrogens (tertiary/aromatic N) is 2. The summed E-state index contributed by atoms with van der Waals surface area (Å²) in [6.07, 6.45) is -0.0850. The summed E-state index contributed by atoms with van der Waals surface area (Å²) in [5, 5.41) is 13.2. The van der Waals surface area contributed by atoms with Gasteiger partial charge in [0.25, 0.3) is 0 Å². The second kappa shape index (κ2) is 6.02. The van der Waals surface area contributed by atoms with Crippen LogP contribution in [0.25, 0.3) is 11.4 Å². The van der Waals surface area contributed by atoms with Crippen LogP contribution >= 0.6 is 11.8 Å². The Labute approximate surface area is 110 Å². The van der Waals surface area contributed by atoms with Gasteiger partial charge in [-0.2, -0.15) is 4.98 Å². The van der Waals surface area contributed by atoms with E-state index in [0.717, 1.165) is 11.3 Å². The Balaban J connectivity index is 2.13. The quantitative estimate of drug-likeness (QED) is 0.841. The van der Waals surface area contributed by atoms with Crippen LogP contribution in [0.15, 0.2) is 33.7 Å². The lowest BCUT2D eigenvalue weighted by atomic mass is 10.2. The van der Waals surface area contributed by atoms with Gasteiger partial charge in [0.2, 0.25) is 11.7 Å². The van der Waals surface area contributed by atoms with Crippen molar-refractivity contribution in [1.82, 2.24) is 10.1 Å². The molecular formula is C13H16N2O2S. The van der Waals surface area contributed by atoms with E-state index in [1.807, 2.05) is 24.3 Å². The summed E-state index contributed by atoms with van der Waals surface area (Å²) in [6.45, 7) is 3.82. The molecule has 0 spiro atoms. The van der Waals surface area contributed by atoms with Gasteiger partial charge in [-0.15, -0.1) is 11.8 Å². The second-order valence-corrected chi connectivity index (χ2v) is 5.36. The van der Waals surface area contributed by atoms with Crippen LogP contribution in [0.5, 0.6) is 0 Å². The van der Waals surface area contributed by atoms with Gasteiger partial charge in [0, 0.05) is 10.5 Å². The molecule has 0 bridgehead atoms. The van der Waals surface area contributed by atoms with Gasteiger partial charge < -0.3 is 9.63 Å². The number of hydrogen-bond acceptors (Lipinski definition) is 5. The topological polar surface area (TPSA) is 59.2 Å². The fourth-order valence-corrected chi connectivity index (χ4v) is 2.24. The van der Waals surface area contributed by atoms with Crippen molar-refractivity contribution < 1.29 is 9.63 Å². The first-order valence-electron chi connectivity index (χ1n) is 5.93. The summed E-state index contributed by atoms with van der Waals surface area (Å²) in [6, 6.07) is 8.06. The normalized spacial score (nSPS) is 12.6. The first-order valence-corrected chi connectivity index (χ1v) is 6.91. The highest BCUT2D eigenvalue weighted by atomic mass is 32.2. The molecule has 2 aromatic rings. The van der Waals surface area contributed by atoms with Crippen LogP contribution in [-0.4, -0.2) is 27.1 Å². The average molecular weight is 264 g/mol. The monoisotopic (exact) mass is 264 g/mol. The average Bonchev–Trinajstić information content (AvgIpc) is 2.78. The third-order valence-corrected chi connectivity index (χ3v) is 3.26. The van der Waals surface area contributed by atoms with Crippen LogP contribution in [0.3, 0.4) is 0 Å². The molecule has 4 nitrogen and oxygen atoms in total. The van der Waals surface area contributed by atoms with E-state index in [9.17, 15) is 5.11 Å². The van der Waals surface area contributed by atoms with E-state index in [2.05, 4.69) is 17.1 Å². The van der Waals surface area contributed by atoms with Gasteiger partial charge in [-0.05, 0) is 36.9 Å². The molecule has 1 aromatic heterocycles. The fourth-order valence-electron chi connectivity index (χ4n) is 1.57. The SMILES string of the molecule is CCSc1ccc(-c2noc(CC(C)O)n2)cc1. The fraction of sp³-hybridized carbons (Fsp3) is 0.385. The minimum atomic E-state index is -0.471. The lowest BCUT2D eigenvalue weighted by molar-refractivity contribution is 0.181. The zero-order valence-corrected chi connectivity index (χ0v) is 11.3. The number of rotatable bonds is 5. The number of aliphatic hydroxyl groups excluding tert-OH is 1. The third-order valence-electron chi connectivity index (χ3n) is 2.36. The molecule has 5 heteroatoms. The third kappa shape index (κ3) is 3.34. The van der Waals surface area contributed by atoms with Crippen LogP contribution in [0.2, 0.25) is 0 Å². The number of benzene rings is 1. The first kappa shape index (κ1) is 13.1. The largest absolute Gasteiger partial charge is 0.393 e. The predicted molar refractivity (Wildman–Crippen MR) is 71.5 cm³/mol. The standard InChI is InChI=1S/C13H16N2O2S/c1-3-18-11-6-4-10(5-7-11)13-14-12(17-15-13)8-9(2)16/h4-7,9,16H,3,8H2,1-2H3. The highest BCUT2D eigenvalue weighted by Crippen LogP contribution is 2.22. The minimum absolute atomic E-state index is 0.386. The van der Waals surface area contributed by atoms with Crippen LogP contribution in [0, 0.1) is 0 Å². The number of aromatic nitrogens is 2. The Morgan fingerprint density at radius 1 is 1.33 bits per heavy atom. The van der Waals surface area contributed by atoms with Crippen molar-refractivity contribution in [2.75, 3.05) is 5.75 Å². The summed E-state index contributed by atoms with van der Waals surface area (Å²) in [4.78, 5) is 5.48. The molecule has 18 heavy (non-hydrogen) atoms. The van der Waals surface area contributed by atoms with E-state index in [-0.39, 0.29) is 0 Å². The van der Waals surface area contributed by atoms with Crippen molar-refractivity contribution in [2.24, 2.45) is 0 Å². The van der Waals surface area contributed by atoms with E-state index in [0.29, 0.717) is 18.1 Å². The molecule has 1 aromatic carbocycles. The number of aliphatic hydroxyl groups is 1. The molecule has 0 aliphatic heterocycles. The van der Waals surface area contributed by atoms with E-state index in [1.54, 1.807) is 18.7 Å². The molecule has 0 amide bonds. The number of hydrogen-bond donors (Lipinski definition) is 1. The Hall–Kier alpha value is -1.33. The van der Waals surface area contributed by atoms with Crippen molar-refractivity contribution in [3.05, 3.63) is 30.2 Å². The molecule has 1 N–H and O–H groups in total. The highest BCUT2D eigenvalue weighted by molar-refractivity contribution is 7.99. The van der Waals surface area contributed by atoms with Crippen LogP contribution in [0.4, 0.5) is 0 Å². The van der Waals surface area contributed by atoms with E-state index in [4.69, 9.17) is 4.52 Å². The van der Waals surface area contributed by atoms with Crippen LogP contribution < -0.4 is 0 Å². The lowest BCUT2D eigenvalue weighted by Crippen LogP contribution is -2.04. The van der Waals surface area contributed by atoms with E-state index in [1.165, 1.54) is 4.90 Å². The molecule has 0 radical (unpaired) electrons. The summed E-state index contributed by atoms with van der Waals surface area (Å²) in [5.74, 6) is 2.09. The maximum absolute atomic E-state index is 9.25. The summed E-state index contributed by atoms with van der Waals surface area (Å²) in [7, 11) is 0. The van der Waals surface area contributed by atoms with Gasteiger partial charge in [0.05, 0.1) is 12.5 Å². The van der Waals surface area contributed by atoms with Gasteiger partial charge in [-0.1, -0.05) is 12.1 Å². The van der Waals surface area contributed by atoms with Gasteiger partial charge in [0.1, 0.15) is 0 Å². The number of thioether (sulfide) groups is 1. The summed E-state index contributed by atoms with van der Waals surface area (Å²) >= 11 is 1.80. The van der Waals surface area contributed by atoms with Gasteiger partial charge in [-0.25, -0.2) is 0 Å². The Bertz CT molecular complexity index is 494. The van der Waals surface area contributed by atoms with Crippen molar-refractivity contribution >= 4 is 11.8 Å².